The van der Waals surface area contributed by atoms with Gasteiger partial charge in [-0.3, -0.25) is 0 Å². The van der Waals surface area contributed by atoms with Crippen molar-refractivity contribution in [2.75, 3.05) is 0 Å². The molecule has 0 fully saturated rings. The number of fused-ring (bicyclic) bond motifs is 1. The van der Waals surface area contributed by atoms with Crippen LogP contribution >= 0.6 is 0 Å². The summed E-state index contributed by atoms with van der Waals surface area (Å²) in [4.78, 5) is 4.42. The van der Waals surface area contributed by atoms with E-state index in [1.54, 1.807) is 0 Å². The minimum Gasteiger partial charge on any atom is -1.00 e. The Morgan fingerprint density at radius 2 is 1.56 bits per heavy atom. The maximum Gasteiger partial charge on any atom is 1.00 e. The second-order valence-electron chi connectivity index (χ2n) is 3.35. The minimum atomic E-state index is 0. The predicted octanol–water partition coefficient (Wildman–Crippen LogP) is 0.611. The Hall–Kier alpha value is -1.09. The first-order valence-corrected chi connectivity index (χ1v) is 4.84. The number of benzene rings is 2. The van der Waals surface area contributed by atoms with Gasteiger partial charge in [-0.25, -0.2) is 4.98 Å². The van der Waals surface area contributed by atoms with Crippen LogP contribution in [0.2, 0.25) is 0 Å². The van der Waals surface area contributed by atoms with Crippen LogP contribution in [0.4, 0.5) is 0 Å². The molecule has 0 N–H and O–H groups in total. The van der Waals surface area contributed by atoms with E-state index in [1.807, 2.05) is 54.6 Å². The molecule has 0 unspecified atom stereocenters. The molecule has 2 nitrogen and oxygen atoms in total. The van der Waals surface area contributed by atoms with E-state index in [0.717, 1.165) is 16.7 Å². The standard InChI is InChI=1S/C13H9NO.Na.H/c1-2-6-10(7-3-1)13-14-11-8-4-5-9-12(11)15-13;;/h1-9H;;/q;+1;-1. The zero-order chi connectivity index (χ0) is 10.1. The summed E-state index contributed by atoms with van der Waals surface area (Å²) in [5, 5.41) is 0. The van der Waals surface area contributed by atoms with Gasteiger partial charge in [0.1, 0.15) is 5.52 Å². The molecule has 2 aromatic carbocycles. The zero-order valence-electron chi connectivity index (χ0n) is 10.1. The number of oxazole rings is 1. The SMILES string of the molecule is [H-].[Na+].c1ccc(-c2nc3ccccc3o2)cc1. The molecule has 0 saturated carbocycles. The molecule has 0 atom stereocenters. The van der Waals surface area contributed by atoms with Crippen LogP contribution < -0.4 is 29.6 Å². The first kappa shape index (κ1) is 11.4. The molecule has 1 heterocycles. The Balaban J connectivity index is 0.000000722. The van der Waals surface area contributed by atoms with Crippen molar-refractivity contribution in [3.8, 4) is 11.5 Å². The van der Waals surface area contributed by atoms with Gasteiger partial charge in [0.05, 0.1) is 0 Å². The van der Waals surface area contributed by atoms with Crippen LogP contribution in [0, 0.1) is 0 Å². The number of rotatable bonds is 1. The van der Waals surface area contributed by atoms with Crippen LogP contribution in [-0.4, -0.2) is 4.98 Å². The Bertz CT molecular complexity index is 561. The van der Waals surface area contributed by atoms with E-state index in [2.05, 4.69) is 4.98 Å². The third kappa shape index (κ3) is 2.05. The summed E-state index contributed by atoms with van der Waals surface area (Å²) in [5.41, 5.74) is 2.74. The molecule has 3 heteroatoms. The van der Waals surface area contributed by atoms with Crippen LogP contribution in [0.15, 0.2) is 59.0 Å². The van der Waals surface area contributed by atoms with Gasteiger partial charge < -0.3 is 5.84 Å². The van der Waals surface area contributed by atoms with Crippen molar-refractivity contribution in [2.24, 2.45) is 0 Å². The van der Waals surface area contributed by atoms with E-state index in [-0.39, 0.29) is 31.0 Å². The molecule has 0 aliphatic carbocycles. The number of para-hydroxylation sites is 2. The average Bonchev–Trinajstić information content (AvgIpc) is 2.74. The molecule has 0 saturated heterocycles. The third-order valence-corrected chi connectivity index (χ3v) is 2.31. The Labute approximate surface area is 117 Å². The summed E-state index contributed by atoms with van der Waals surface area (Å²) in [6, 6.07) is 17.7. The van der Waals surface area contributed by atoms with Gasteiger partial charge >= 0.3 is 29.6 Å². The van der Waals surface area contributed by atoms with Gasteiger partial charge in [-0.1, -0.05) is 30.3 Å². The summed E-state index contributed by atoms with van der Waals surface area (Å²) in [7, 11) is 0. The molecule has 0 amide bonds. The second-order valence-corrected chi connectivity index (χ2v) is 3.35. The smallest absolute Gasteiger partial charge is 1.00 e. The van der Waals surface area contributed by atoms with E-state index in [1.165, 1.54) is 0 Å². The molecule has 74 valence electrons. The minimum absolute atomic E-state index is 0. The van der Waals surface area contributed by atoms with Crippen molar-refractivity contribution in [1.29, 1.82) is 0 Å². The molecule has 0 spiro atoms. The predicted molar refractivity (Wildman–Crippen MR) is 60.6 cm³/mol. The third-order valence-electron chi connectivity index (χ3n) is 2.31. The summed E-state index contributed by atoms with van der Waals surface area (Å²) < 4.78 is 5.64. The maximum absolute atomic E-state index is 5.64. The zero-order valence-corrected chi connectivity index (χ0v) is 11.1. The molecule has 1 aromatic heterocycles. The molecule has 0 aliphatic heterocycles. The average molecular weight is 219 g/mol. The van der Waals surface area contributed by atoms with Crippen molar-refractivity contribution < 1.29 is 35.4 Å². The topological polar surface area (TPSA) is 26.0 Å². The maximum atomic E-state index is 5.64. The number of nitrogens with zero attached hydrogens (tertiary/aromatic N) is 1. The van der Waals surface area contributed by atoms with Gasteiger partial charge in [-0.05, 0) is 24.3 Å². The van der Waals surface area contributed by atoms with Crippen molar-refractivity contribution in [2.45, 2.75) is 0 Å². The van der Waals surface area contributed by atoms with E-state index in [4.69, 9.17) is 4.42 Å². The van der Waals surface area contributed by atoms with Gasteiger partial charge in [0.2, 0.25) is 5.89 Å². The first-order valence-electron chi connectivity index (χ1n) is 4.84. The summed E-state index contributed by atoms with van der Waals surface area (Å²) >= 11 is 0. The van der Waals surface area contributed by atoms with E-state index in [0.29, 0.717) is 5.89 Å². The van der Waals surface area contributed by atoms with Crippen LogP contribution in [0.25, 0.3) is 22.6 Å². The number of hydrogen-bond donors (Lipinski definition) is 0. The fourth-order valence-electron chi connectivity index (χ4n) is 1.58. The van der Waals surface area contributed by atoms with Crippen molar-refractivity contribution in [1.82, 2.24) is 4.98 Å². The fraction of sp³-hybridized carbons (Fsp3) is 0. The molecule has 3 aromatic rings. The first-order chi connectivity index (χ1) is 7.43. The number of aromatic nitrogens is 1. The summed E-state index contributed by atoms with van der Waals surface area (Å²) in [6.07, 6.45) is 0. The number of hydrogen-bond acceptors (Lipinski definition) is 2. The van der Waals surface area contributed by atoms with Crippen LogP contribution in [0.3, 0.4) is 0 Å². The van der Waals surface area contributed by atoms with Gasteiger partial charge in [-0.15, -0.1) is 0 Å². The quantitative estimate of drug-likeness (QED) is 0.560. The molecular weight excluding hydrogens is 209 g/mol. The summed E-state index contributed by atoms with van der Waals surface area (Å²) in [6.45, 7) is 0. The van der Waals surface area contributed by atoms with Gasteiger partial charge in [0.15, 0.2) is 5.58 Å². The van der Waals surface area contributed by atoms with E-state index < -0.39 is 0 Å². The normalized spacial score (nSPS) is 10.0. The van der Waals surface area contributed by atoms with Crippen LogP contribution in [0.1, 0.15) is 1.43 Å². The van der Waals surface area contributed by atoms with Gasteiger partial charge in [0.25, 0.3) is 0 Å². The Kier molecular flexibility index (Phi) is 3.44. The molecule has 0 bridgehead atoms. The van der Waals surface area contributed by atoms with Gasteiger partial charge in [-0.2, -0.15) is 0 Å². The van der Waals surface area contributed by atoms with Crippen molar-refractivity contribution in [3.05, 3.63) is 54.6 Å². The van der Waals surface area contributed by atoms with E-state index in [9.17, 15) is 0 Å². The Morgan fingerprint density at radius 1 is 0.875 bits per heavy atom. The molecule has 16 heavy (non-hydrogen) atoms. The van der Waals surface area contributed by atoms with Crippen molar-refractivity contribution in [3.63, 3.8) is 0 Å². The fourth-order valence-corrected chi connectivity index (χ4v) is 1.58. The molecule has 0 radical (unpaired) electrons. The van der Waals surface area contributed by atoms with Crippen LogP contribution in [0.5, 0.6) is 0 Å². The second kappa shape index (κ2) is 4.83. The Morgan fingerprint density at radius 3 is 2.31 bits per heavy atom. The largest absolute Gasteiger partial charge is 1.00 e. The molecule has 0 aliphatic rings. The van der Waals surface area contributed by atoms with Gasteiger partial charge in [0, 0.05) is 5.56 Å². The molecular formula is C13H10NNaO. The van der Waals surface area contributed by atoms with E-state index >= 15 is 0 Å². The monoisotopic (exact) mass is 219 g/mol. The summed E-state index contributed by atoms with van der Waals surface area (Å²) in [5.74, 6) is 0.678. The van der Waals surface area contributed by atoms with Crippen LogP contribution in [-0.2, 0) is 0 Å². The molecule has 3 rings (SSSR count). The van der Waals surface area contributed by atoms with Crippen molar-refractivity contribution >= 4 is 11.1 Å².